The molecule has 1 aromatic rings. The van der Waals surface area contributed by atoms with Crippen molar-refractivity contribution in [1.29, 1.82) is 0 Å². The maximum atomic E-state index is 13.3. The van der Waals surface area contributed by atoms with Crippen molar-refractivity contribution >= 4 is 0 Å². The van der Waals surface area contributed by atoms with Crippen LogP contribution < -0.4 is 4.74 Å². The molecule has 15 heavy (non-hydrogen) atoms. The van der Waals surface area contributed by atoms with Gasteiger partial charge in [-0.2, -0.15) is 0 Å². The fraction of sp³-hybridized carbons (Fsp3) is 0.500. The van der Waals surface area contributed by atoms with E-state index in [4.69, 9.17) is 9.84 Å². The smallest absolute Gasteiger partial charge is 0.165 e. The van der Waals surface area contributed by atoms with Crippen LogP contribution in [0.1, 0.15) is 24.8 Å². The summed E-state index contributed by atoms with van der Waals surface area (Å²) in [6.45, 7) is 0.444. The SMILES string of the molecule is OCc1ccc(OCCC2CC2)c(F)c1. The van der Waals surface area contributed by atoms with Gasteiger partial charge in [-0.15, -0.1) is 0 Å². The van der Waals surface area contributed by atoms with Crippen molar-refractivity contribution in [1.82, 2.24) is 0 Å². The highest BCUT2D eigenvalue weighted by molar-refractivity contribution is 5.28. The first kappa shape index (κ1) is 10.4. The zero-order valence-electron chi connectivity index (χ0n) is 8.58. The van der Waals surface area contributed by atoms with Crippen LogP contribution in [0, 0.1) is 11.7 Å². The van der Waals surface area contributed by atoms with Gasteiger partial charge in [-0.3, -0.25) is 0 Å². The van der Waals surface area contributed by atoms with Gasteiger partial charge < -0.3 is 9.84 Å². The van der Waals surface area contributed by atoms with E-state index in [0.29, 0.717) is 12.2 Å². The number of aliphatic hydroxyl groups excluding tert-OH is 1. The molecule has 0 unspecified atom stereocenters. The standard InChI is InChI=1S/C12H15FO2/c13-11-7-10(8-14)3-4-12(11)15-6-5-9-1-2-9/h3-4,7,9,14H,1-2,5-6,8H2. The number of rotatable bonds is 5. The third kappa shape index (κ3) is 2.93. The average Bonchev–Trinajstić information content (AvgIpc) is 3.04. The zero-order valence-corrected chi connectivity index (χ0v) is 8.58. The molecule has 0 spiro atoms. The van der Waals surface area contributed by atoms with E-state index >= 15 is 0 Å². The Morgan fingerprint density at radius 3 is 2.80 bits per heavy atom. The van der Waals surface area contributed by atoms with Crippen molar-refractivity contribution < 1.29 is 14.2 Å². The monoisotopic (exact) mass is 210 g/mol. The summed E-state index contributed by atoms with van der Waals surface area (Å²) in [7, 11) is 0. The van der Waals surface area contributed by atoms with Crippen LogP contribution in [0.25, 0.3) is 0 Å². The van der Waals surface area contributed by atoms with Crippen LogP contribution in [-0.2, 0) is 6.61 Å². The van der Waals surface area contributed by atoms with Crippen molar-refractivity contribution in [3.63, 3.8) is 0 Å². The summed E-state index contributed by atoms with van der Waals surface area (Å²) in [6, 6.07) is 4.57. The lowest BCUT2D eigenvalue weighted by molar-refractivity contribution is 0.276. The highest BCUT2D eigenvalue weighted by Gasteiger charge is 2.20. The Balaban J connectivity index is 1.88. The Bertz CT molecular complexity index is 334. The van der Waals surface area contributed by atoms with E-state index in [9.17, 15) is 4.39 Å². The van der Waals surface area contributed by atoms with Gasteiger partial charge in [0.2, 0.25) is 0 Å². The second kappa shape index (κ2) is 4.62. The number of hydrogen-bond donors (Lipinski definition) is 1. The minimum absolute atomic E-state index is 0.140. The topological polar surface area (TPSA) is 29.5 Å². The van der Waals surface area contributed by atoms with Crippen molar-refractivity contribution in [2.75, 3.05) is 6.61 Å². The molecule has 1 aliphatic carbocycles. The molecule has 0 aromatic heterocycles. The molecule has 2 rings (SSSR count). The molecule has 0 saturated heterocycles. The molecule has 1 fully saturated rings. The number of ether oxygens (including phenoxy) is 1. The van der Waals surface area contributed by atoms with Crippen molar-refractivity contribution in [2.45, 2.75) is 25.9 Å². The first-order valence-electron chi connectivity index (χ1n) is 5.31. The van der Waals surface area contributed by atoms with Crippen LogP contribution in [-0.4, -0.2) is 11.7 Å². The first-order chi connectivity index (χ1) is 7.29. The fourth-order valence-electron chi connectivity index (χ4n) is 1.50. The number of benzene rings is 1. The maximum Gasteiger partial charge on any atom is 0.165 e. The summed E-state index contributed by atoms with van der Waals surface area (Å²) in [5, 5.41) is 8.80. The van der Waals surface area contributed by atoms with Crippen molar-refractivity contribution in [3.05, 3.63) is 29.6 Å². The Kier molecular flexibility index (Phi) is 3.21. The Morgan fingerprint density at radius 2 is 2.20 bits per heavy atom. The lowest BCUT2D eigenvalue weighted by Gasteiger charge is -2.07. The zero-order chi connectivity index (χ0) is 10.7. The molecule has 0 aliphatic heterocycles. The largest absolute Gasteiger partial charge is 0.491 e. The molecule has 0 bridgehead atoms. The fourth-order valence-corrected chi connectivity index (χ4v) is 1.50. The third-order valence-corrected chi connectivity index (χ3v) is 2.66. The van der Waals surface area contributed by atoms with E-state index in [0.717, 1.165) is 12.3 Å². The molecule has 2 nitrogen and oxygen atoms in total. The molecule has 3 heteroatoms. The van der Waals surface area contributed by atoms with Crippen molar-refractivity contribution in [2.24, 2.45) is 5.92 Å². The molecule has 1 aliphatic rings. The van der Waals surface area contributed by atoms with E-state index in [1.165, 1.54) is 18.9 Å². The van der Waals surface area contributed by atoms with Gasteiger partial charge in [-0.05, 0) is 30.0 Å². The van der Waals surface area contributed by atoms with Crippen LogP contribution in [0.2, 0.25) is 0 Å². The molecular formula is C12H15FO2. The van der Waals surface area contributed by atoms with Gasteiger partial charge >= 0.3 is 0 Å². The Hall–Kier alpha value is -1.09. The van der Waals surface area contributed by atoms with Crippen LogP contribution >= 0.6 is 0 Å². The van der Waals surface area contributed by atoms with Crippen LogP contribution in [0.5, 0.6) is 5.75 Å². The lowest BCUT2D eigenvalue weighted by Crippen LogP contribution is -2.00. The van der Waals surface area contributed by atoms with Gasteiger partial charge in [0.15, 0.2) is 11.6 Å². The number of hydrogen-bond acceptors (Lipinski definition) is 2. The van der Waals surface area contributed by atoms with E-state index in [1.54, 1.807) is 12.1 Å². The minimum atomic E-state index is -0.391. The predicted octanol–water partition coefficient (Wildman–Crippen LogP) is 2.50. The number of aliphatic hydroxyl groups is 1. The third-order valence-electron chi connectivity index (χ3n) is 2.66. The maximum absolute atomic E-state index is 13.3. The van der Waals surface area contributed by atoms with E-state index in [2.05, 4.69) is 0 Å². The predicted molar refractivity (Wildman–Crippen MR) is 55.2 cm³/mol. The molecular weight excluding hydrogens is 195 g/mol. The molecule has 0 atom stereocenters. The Labute approximate surface area is 88.7 Å². The van der Waals surface area contributed by atoms with Gasteiger partial charge in [-0.25, -0.2) is 4.39 Å². The molecule has 0 heterocycles. The summed E-state index contributed by atoms with van der Waals surface area (Å²) in [5.74, 6) is 0.690. The first-order valence-corrected chi connectivity index (χ1v) is 5.31. The molecule has 1 aromatic carbocycles. The van der Waals surface area contributed by atoms with Gasteiger partial charge in [0.05, 0.1) is 13.2 Å². The second-order valence-electron chi connectivity index (χ2n) is 4.00. The van der Waals surface area contributed by atoms with Gasteiger partial charge in [-0.1, -0.05) is 18.9 Å². The molecule has 82 valence electrons. The van der Waals surface area contributed by atoms with E-state index < -0.39 is 5.82 Å². The second-order valence-corrected chi connectivity index (χ2v) is 4.00. The highest BCUT2D eigenvalue weighted by Crippen LogP contribution is 2.32. The molecule has 1 N–H and O–H groups in total. The van der Waals surface area contributed by atoms with Gasteiger partial charge in [0.1, 0.15) is 0 Å². The van der Waals surface area contributed by atoms with Crippen LogP contribution in [0.15, 0.2) is 18.2 Å². The summed E-state index contributed by atoms with van der Waals surface area (Å²) in [4.78, 5) is 0. The van der Waals surface area contributed by atoms with E-state index in [1.807, 2.05) is 0 Å². The average molecular weight is 210 g/mol. The van der Waals surface area contributed by atoms with Gasteiger partial charge in [0, 0.05) is 0 Å². The highest BCUT2D eigenvalue weighted by atomic mass is 19.1. The summed E-state index contributed by atoms with van der Waals surface area (Å²) in [5.41, 5.74) is 0.571. The molecule has 0 radical (unpaired) electrons. The lowest BCUT2D eigenvalue weighted by atomic mass is 10.2. The number of halogens is 1. The van der Waals surface area contributed by atoms with Crippen LogP contribution in [0.3, 0.4) is 0 Å². The van der Waals surface area contributed by atoms with Crippen molar-refractivity contribution in [3.8, 4) is 5.75 Å². The van der Waals surface area contributed by atoms with Gasteiger partial charge in [0.25, 0.3) is 0 Å². The van der Waals surface area contributed by atoms with Crippen LogP contribution in [0.4, 0.5) is 4.39 Å². The molecule has 0 amide bonds. The minimum Gasteiger partial charge on any atom is -0.491 e. The summed E-state index contributed by atoms with van der Waals surface area (Å²) < 4.78 is 18.7. The molecule has 1 saturated carbocycles. The summed E-state index contributed by atoms with van der Waals surface area (Å²) in [6.07, 6.45) is 3.59. The summed E-state index contributed by atoms with van der Waals surface area (Å²) >= 11 is 0. The quantitative estimate of drug-likeness (QED) is 0.809. The Morgan fingerprint density at radius 1 is 1.40 bits per heavy atom. The normalized spacial score (nSPS) is 15.3. The van der Waals surface area contributed by atoms with E-state index in [-0.39, 0.29) is 12.4 Å².